The summed E-state index contributed by atoms with van der Waals surface area (Å²) in [6.07, 6.45) is 10.0. The summed E-state index contributed by atoms with van der Waals surface area (Å²) in [6, 6.07) is 5.14. The number of rotatable bonds is 8. The lowest BCUT2D eigenvalue weighted by Crippen LogP contribution is -2.30. The van der Waals surface area contributed by atoms with E-state index in [2.05, 4.69) is 48.4 Å². The minimum atomic E-state index is 0.595. The second kappa shape index (κ2) is 10.7. The van der Waals surface area contributed by atoms with Gasteiger partial charge in [0.2, 0.25) is 0 Å². The summed E-state index contributed by atoms with van der Waals surface area (Å²) in [6.45, 7) is 5.77. The lowest BCUT2D eigenvalue weighted by atomic mass is 9.85. The summed E-state index contributed by atoms with van der Waals surface area (Å²) in [5.74, 6) is 4.18. The van der Waals surface area contributed by atoms with Crippen LogP contribution in [0.1, 0.15) is 69.7 Å². The van der Waals surface area contributed by atoms with E-state index in [9.17, 15) is 0 Å². The summed E-state index contributed by atoms with van der Waals surface area (Å²) in [5, 5.41) is 6.14. The molecule has 0 bridgehead atoms. The molecule has 1 nitrogen and oxygen atoms in total. The largest absolute Gasteiger partial charge is 0.308 e. The van der Waals surface area contributed by atoms with E-state index in [1.807, 2.05) is 11.3 Å². The number of thioether (sulfide) groups is 1. The molecule has 1 aromatic heterocycles. The van der Waals surface area contributed by atoms with Crippen molar-refractivity contribution in [2.75, 3.05) is 18.1 Å². The zero-order valence-electron chi connectivity index (χ0n) is 14.4. The van der Waals surface area contributed by atoms with Gasteiger partial charge in [-0.3, -0.25) is 0 Å². The third-order valence-electron chi connectivity index (χ3n) is 4.53. The highest BCUT2D eigenvalue weighted by Gasteiger charge is 2.23. The van der Waals surface area contributed by atoms with Crippen LogP contribution in [-0.2, 0) is 0 Å². The number of nitrogens with one attached hydrogen (secondary N) is 1. The molecule has 1 heterocycles. The summed E-state index contributed by atoms with van der Waals surface area (Å²) in [4.78, 5) is 1.56. The second-order valence-corrected chi connectivity index (χ2v) is 9.15. The van der Waals surface area contributed by atoms with E-state index in [1.54, 1.807) is 4.88 Å². The number of hydrogen-bond acceptors (Lipinski definition) is 3. The molecule has 126 valence electrons. The molecular weight excluding hydrogens is 306 g/mol. The molecule has 1 unspecified atom stereocenters. The van der Waals surface area contributed by atoms with Crippen molar-refractivity contribution in [2.45, 2.75) is 64.8 Å². The van der Waals surface area contributed by atoms with Crippen LogP contribution in [0, 0.1) is 11.8 Å². The standard InChI is InChI=1S/C19H33NS2/c1-16(2)15-21-14-12-20-19(18-11-8-13-22-18)17-9-6-4-3-5-7-10-17/h8,11,13,16-17,19-20H,3-7,9-10,12,14-15H2,1-2H3. The summed E-state index contributed by atoms with van der Waals surface area (Å²) in [5.41, 5.74) is 0. The average molecular weight is 340 g/mol. The van der Waals surface area contributed by atoms with Gasteiger partial charge in [-0.2, -0.15) is 11.8 Å². The van der Waals surface area contributed by atoms with Crippen molar-refractivity contribution in [3.8, 4) is 0 Å². The van der Waals surface area contributed by atoms with Crippen molar-refractivity contribution in [1.29, 1.82) is 0 Å². The second-order valence-electron chi connectivity index (χ2n) is 7.02. The normalized spacial score (nSPS) is 19.0. The highest BCUT2D eigenvalue weighted by atomic mass is 32.2. The first-order valence-electron chi connectivity index (χ1n) is 9.12. The van der Waals surface area contributed by atoms with Gasteiger partial charge < -0.3 is 5.32 Å². The maximum absolute atomic E-state index is 3.90. The van der Waals surface area contributed by atoms with Crippen molar-refractivity contribution < 1.29 is 0 Å². The van der Waals surface area contributed by atoms with Crippen LogP contribution in [0.2, 0.25) is 0 Å². The number of thiophene rings is 1. The molecule has 0 saturated heterocycles. The molecule has 0 aliphatic heterocycles. The Hall–Kier alpha value is 0.01000. The predicted molar refractivity (Wildman–Crippen MR) is 103 cm³/mol. The highest BCUT2D eigenvalue weighted by molar-refractivity contribution is 7.99. The van der Waals surface area contributed by atoms with Crippen LogP contribution in [-0.4, -0.2) is 18.1 Å². The Morgan fingerprint density at radius 2 is 1.91 bits per heavy atom. The third kappa shape index (κ3) is 6.64. The summed E-state index contributed by atoms with van der Waals surface area (Å²) < 4.78 is 0. The van der Waals surface area contributed by atoms with E-state index >= 15 is 0 Å². The molecule has 1 N–H and O–H groups in total. The third-order valence-corrected chi connectivity index (χ3v) is 6.88. The molecular formula is C19H33NS2. The van der Waals surface area contributed by atoms with Gasteiger partial charge in [0.25, 0.3) is 0 Å². The van der Waals surface area contributed by atoms with Crippen molar-refractivity contribution in [3.05, 3.63) is 22.4 Å². The number of hydrogen-bond donors (Lipinski definition) is 1. The summed E-state index contributed by atoms with van der Waals surface area (Å²) in [7, 11) is 0. The monoisotopic (exact) mass is 339 g/mol. The Morgan fingerprint density at radius 1 is 1.18 bits per heavy atom. The van der Waals surface area contributed by atoms with E-state index < -0.39 is 0 Å². The predicted octanol–water partition coefficient (Wildman–Crippen LogP) is 6.13. The topological polar surface area (TPSA) is 12.0 Å². The van der Waals surface area contributed by atoms with Crippen molar-refractivity contribution in [1.82, 2.24) is 5.32 Å². The van der Waals surface area contributed by atoms with Gasteiger partial charge in [0.15, 0.2) is 0 Å². The van der Waals surface area contributed by atoms with E-state index in [0.717, 1.165) is 18.4 Å². The Kier molecular flexibility index (Phi) is 8.94. The first-order chi connectivity index (χ1) is 10.8. The van der Waals surface area contributed by atoms with Gasteiger partial charge in [-0.25, -0.2) is 0 Å². The Labute approximate surface area is 145 Å². The Bertz CT molecular complexity index is 367. The molecule has 0 spiro atoms. The maximum Gasteiger partial charge on any atom is 0.0443 e. The van der Waals surface area contributed by atoms with Gasteiger partial charge in [-0.05, 0) is 41.9 Å². The highest BCUT2D eigenvalue weighted by Crippen LogP contribution is 2.34. The quantitative estimate of drug-likeness (QED) is 0.572. The van der Waals surface area contributed by atoms with Crippen LogP contribution in [0.25, 0.3) is 0 Å². The Morgan fingerprint density at radius 3 is 2.55 bits per heavy atom. The molecule has 0 amide bonds. The van der Waals surface area contributed by atoms with Gasteiger partial charge in [0.1, 0.15) is 0 Å². The zero-order chi connectivity index (χ0) is 15.6. The minimum Gasteiger partial charge on any atom is -0.308 e. The van der Waals surface area contributed by atoms with Crippen LogP contribution in [0.5, 0.6) is 0 Å². The molecule has 1 atom stereocenters. The fourth-order valence-electron chi connectivity index (χ4n) is 3.39. The van der Waals surface area contributed by atoms with Crippen LogP contribution in [0.3, 0.4) is 0 Å². The lowest BCUT2D eigenvalue weighted by Gasteiger charge is -2.29. The molecule has 1 aliphatic carbocycles. The SMILES string of the molecule is CC(C)CSCCNC(c1cccs1)C1CCCCCCC1. The van der Waals surface area contributed by atoms with Crippen molar-refractivity contribution in [3.63, 3.8) is 0 Å². The van der Waals surface area contributed by atoms with Gasteiger partial charge in [0.05, 0.1) is 0 Å². The fourth-order valence-corrected chi connectivity index (χ4v) is 5.19. The molecule has 1 aromatic rings. The van der Waals surface area contributed by atoms with Crippen LogP contribution < -0.4 is 5.32 Å². The Balaban J connectivity index is 1.85. The molecule has 22 heavy (non-hydrogen) atoms. The molecule has 3 heteroatoms. The van der Waals surface area contributed by atoms with Crippen LogP contribution >= 0.6 is 23.1 Å². The van der Waals surface area contributed by atoms with E-state index in [-0.39, 0.29) is 0 Å². The van der Waals surface area contributed by atoms with E-state index in [0.29, 0.717) is 6.04 Å². The molecule has 1 saturated carbocycles. The first kappa shape index (κ1) is 18.4. The zero-order valence-corrected chi connectivity index (χ0v) is 16.0. The fraction of sp³-hybridized carbons (Fsp3) is 0.789. The molecule has 0 aromatic carbocycles. The van der Waals surface area contributed by atoms with Crippen LogP contribution in [0.4, 0.5) is 0 Å². The van der Waals surface area contributed by atoms with Gasteiger partial charge in [0, 0.05) is 23.2 Å². The van der Waals surface area contributed by atoms with Gasteiger partial charge in [-0.15, -0.1) is 11.3 Å². The smallest absolute Gasteiger partial charge is 0.0443 e. The van der Waals surface area contributed by atoms with Crippen LogP contribution in [0.15, 0.2) is 17.5 Å². The maximum atomic E-state index is 3.90. The minimum absolute atomic E-state index is 0.595. The molecule has 1 aliphatic rings. The molecule has 0 radical (unpaired) electrons. The van der Waals surface area contributed by atoms with E-state index in [1.165, 1.54) is 56.5 Å². The van der Waals surface area contributed by atoms with Crippen molar-refractivity contribution >= 4 is 23.1 Å². The molecule has 1 fully saturated rings. The lowest BCUT2D eigenvalue weighted by molar-refractivity contribution is 0.295. The van der Waals surface area contributed by atoms with E-state index in [4.69, 9.17) is 0 Å². The summed E-state index contributed by atoms with van der Waals surface area (Å²) >= 11 is 4.03. The van der Waals surface area contributed by atoms with Gasteiger partial charge in [-0.1, -0.05) is 52.0 Å². The molecule has 2 rings (SSSR count). The van der Waals surface area contributed by atoms with Crippen molar-refractivity contribution in [2.24, 2.45) is 11.8 Å². The first-order valence-corrected chi connectivity index (χ1v) is 11.2. The van der Waals surface area contributed by atoms with Gasteiger partial charge >= 0.3 is 0 Å². The average Bonchev–Trinajstić information content (AvgIpc) is 2.97.